The Balaban J connectivity index is 2.68. The minimum Gasteiger partial charge on any atom is -0.224 e. The van der Waals surface area contributed by atoms with Gasteiger partial charge >= 0.3 is 0 Å². The van der Waals surface area contributed by atoms with Gasteiger partial charge in [0.2, 0.25) is 0 Å². The Morgan fingerprint density at radius 3 is 1.38 bits per heavy atom. The smallest absolute Gasteiger partial charge is 0.178 e. The van der Waals surface area contributed by atoms with Crippen molar-refractivity contribution in [3.05, 3.63) is 49.4 Å². The van der Waals surface area contributed by atoms with Crippen molar-refractivity contribution >= 4 is 67.8 Å². The lowest BCUT2D eigenvalue weighted by atomic mass is 10.1. The molecule has 0 radical (unpaired) electrons. The van der Waals surface area contributed by atoms with Gasteiger partial charge in [-0.1, -0.05) is 58.0 Å². The third kappa shape index (κ3) is 3.61. The lowest BCUT2D eigenvalue weighted by molar-refractivity contribution is 0.602. The van der Waals surface area contributed by atoms with E-state index in [1.807, 2.05) is 0 Å². The zero-order valence-corrected chi connectivity index (χ0v) is 15.0. The summed E-state index contributed by atoms with van der Waals surface area (Å²) in [4.78, 5) is -0.110. The zero-order valence-electron chi connectivity index (χ0n) is 10.4. The Morgan fingerprint density at radius 2 is 1.05 bits per heavy atom. The van der Waals surface area contributed by atoms with Crippen LogP contribution in [0.4, 0.5) is 0 Å². The maximum Gasteiger partial charge on any atom is 0.178 e. The molecule has 0 unspecified atom stereocenters. The topological polar surface area (TPSA) is 34.1 Å². The second-order valence-electron chi connectivity index (χ2n) is 4.30. The van der Waals surface area contributed by atoms with E-state index in [4.69, 9.17) is 58.0 Å². The van der Waals surface area contributed by atoms with Crippen molar-refractivity contribution in [1.29, 1.82) is 0 Å². The van der Waals surface area contributed by atoms with Crippen molar-refractivity contribution in [2.24, 2.45) is 0 Å². The fourth-order valence-electron chi connectivity index (χ4n) is 1.80. The van der Waals surface area contributed by atoms with Crippen molar-refractivity contribution < 1.29 is 8.42 Å². The number of halogens is 5. The summed E-state index contributed by atoms with van der Waals surface area (Å²) >= 11 is 29.9. The van der Waals surface area contributed by atoms with E-state index >= 15 is 0 Å². The molecule has 2 aromatic carbocycles. The summed E-state index contributed by atoms with van der Waals surface area (Å²) < 4.78 is 23.3. The first kappa shape index (κ1) is 17.2. The highest BCUT2D eigenvalue weighted by Crippen LogP contribution is 2.39. The van der Waals surface area contributed by atoms with Gasteiger partial charge in [-0.2, -0.15) is 0 Å². The van der Waals surface area contributed by atoms with Gasteiger partial charge in [0.15, 0.2) is 9.84 Å². The van der Waals surface area contributed by atoms with Gasteiger partial charge in [-0.15, -0.1) is 0 Å². The highest BCUT2D eigenvalue weighted by Gasteiger charge is 2.19. The molecule has 0 heterocycles. The van der Waals surface area contributed by atoms with Gasteiger partial charge in [0.05, 0.1) is 25.1 Å². The van der Waals surface area contributed by atoms with Crippen LogP contribution in [0.2, 0.25) is 25.1 Å². The predicted octanol–water partition coefficient (Wildman–Crippen LogP) is 6.02. The molecule has 112 valence electrons. The summed E-state index contributed by atoms with van der Waals surface area (Å²) in [6, 6.07) is 6.16. The Labute approximate surface area is 147 Å². The minimum absolute atomic E-state index is 0.0298. The standard InChI is InChI=1S/C13H7Cl5O2S/c1-21(19,20)13-10(16)4-7(5-11(13)17)6-2-8(14)12(18)9(15)3-6/h2-5H,1H3. The molecule has 0 aliphatic carbocycles. The summed E-state index contributed by atoms with van der Waals surface area (Å²) in [5.41, 5.74) is 1.20. The molecule has 2 nitrogen and oxygen atoms in total. The first-order valence-corrected chi connectivity index (χ1v) is 9.23. The lowest BCUT2D eigenvalue weighted by Crippen LogP contribution is -1.99. The van der Waals surface area contributed by atoms with Crippen LogP contribution in [-0.4, -0.2) is 14.7 Å². The number of hydrogen-bond donors (Lipinski definition) is 0. The normalized spacial score (nSPS) is 11.7. The SMILES string of the molecule is CS(=O)(=O)c1c(Cl)cc(-c2cc(Cl)c(Cl)c(Cl)c2)cc1Cl. The van der Waals surface area contributed by atoms with Gasteiger partial charge in [-0.05, 0) is 35.4 Å². The monoisotopic (exact) mass is 402 g/mol. The van der Waals surface area contributed by atoms with Crippen molar-refractivity contribution in [1.82, 2.24) is 0 Å². The molecule has 0 N–H and O–H groups in total. The van der Waals surface area contributed by atoms with Gasteiger partial charge in [0, 0.05) is 6.26 Å². The molecule has 2 aromatic rings. The molecule has 0 aliphatic rings. The van der Waals surface area contributed by atoms with E-state index < -0.39 is 9.84 Å². The Hall–Kier alpha value is -0.160. The molecule has 0 aromatic heterocycles. The number of rotatable bonds is 2. The summed E-state index contributed by atoms with van der Waals surface area (Å²) in [6.45, 7) is 0. The summed E-state index contributed by atoms with van der Waals surface area (Å²) in [5, 5.41) is 0.855. The van der Waals surface area contributed by atoms with Crippen LogP contribution in [-0.2, 0) is 9.84 Å². The molecule has 0 saturated carbocycles. The average molecular weight is 405 g/mol. The van der Waals surface area contributed by atoms with Crippen molar-refractivity contribution in [2.45, 2.75) is 4.90 Å². The van der Waals surface area contributed by atoms with Gasteiger partial charge in [0.25, 0.3) is 0 Å². The molecule has 2 rings (SSSR count). The van der Waals surface area contributed by atoms with Gasteiger partial charge in [-0.25, -0.2) is 8.42 Å². The fourth-order valence-corrected chi connectivity index (χ4v) is 4.55. The molecule has 8 heteroatoms. The highest BCUT2D eigenvalue weighted by molar-refractivity contribution is 7.91. The van der Waals surface area contributed by atoms with Crippen molar-refractivity contribution in [3.8, 4) is 11.1 Å². The minimum atomic E-state index is -3.52. The third-order valence-electron chi connectivity index (χ3n) is 2.69. The van der Waals surface area contributed by atoms with E-state index in [2.05, 4.69) is 0 Å². The second kappa shape index (κ2) is 6.15. The maximum atomic E-state index is 11.6. The highest BCUT2D eigenvalue weighted by atomic mass is 35.5. The first-order valence-electron chi connectivity index (χ1n) is 5.45. The van der Waals surface area contributed by atoms with Crippen molar-refractivity contribution in [2.75, 3.05) is 6.26 Å². The van der Waals surface area contributed by atoms with Crippen LogP contribution in [0, 0.1) is 0 Å². The number of sulfone groups is 1. The molecular formula is C13H7Cl5O2S. The van der Waals surface area contributed by atoms with E-state index in [1.54, 1.807) is 12.1 Å². The third-order valence-corrected chi connectivity index (χ3v) is 5.88. The molecular weight excluding hydrogens is 397 g/mol. The summed E-state index contributed by atoms with van der Waals surface area (Å²) in [6.07, 6.45) is 1.04. The molecule has 0 saturated heterocycles. The number of hydrogen-bond acceptors (Lipinski definition) is 2. The Morgan fingerprint density at radius 1 is 0.714 bits per heavy atom. The molecule has 0 bridgehead atoms. The number of benzene rings is 2. The average Bonchev–Trinajstić information content (AvgIpc) is 2.32. The van der Waals surface area contributed by atoms with E-state index in [0.29, 0.717) is 11.1 Å². The maximum absolute atomic E-state index is 11.6. The van der Waals surface area contributed by atoms with Crippen LogP contribution in [0.15, 0.2) is 29.2 Å². The lowest BCUT2D eigenvalue weighted by Gasteiger charge is -2.10. The molecule has 0 aliphatic heterocycles. The van der Waals surface area contributed by atoms with Crippen LogP contribution in [0.5, 0.6) is 0 Å². The van der Waals surface area contributed by atoms with Crippen LogP contribution < -0.4 is 0 Å². The molecule has 0 atom stereocenters. The van der Waals surface area contributed by atoms with E-state index in [0.717, 1.165) is 6.26 Å². The van der Waals surface area contributed by atoms with E-state index in [-0.39, 0.29) is 30.0 Å². The molecule has 21 heavy (non-hydrogen) atoms. The van der Waals surface area contributed by atoms with Crippen LogP contribution in [0.1, 0.15) is 0 Å². The van der Waals surface area contributed by atoms with Gasteiger partial charge < -0.3 is 0 Å². The van der Waals surface area contributed by atoms with E-state index in [9.17, 15) is 8.42 Å². The van der Waals surface area contributed by atoms with E-state index in [1.165, 1.54) is 12.1 Å². The summed E-state index contributed by atoms with van der Waals surface area (Å²) in [5.74, 6) is 0. The summed E-state index contributed by atoms with van der Waals surface area (Å²) in [7, 11) is -3.52. The van der Waals surface area contributed by atoms with Gasteiger partial charge in [-0.3, -0.25) is 0 Å². The van der Waals surface area contributed by atoms with Crippen LogP contribution in [0.3, 0.4) is 0 Å². The Kier molecular flexibility index (Phi) is 5.04. The predicted molar refractivity (Wildman–Crippen MR) is 90.0 cm³/mol. The van der Waals surface area contributed by atoms with Crippen LogP contribution in [0.25, 0.3) is 11.1 Å². The molecule has 0 spiro atoms. The van der Waals surface area contributed by atoms with Crippen LogP contribution >= 0.6 is 58.0 Å². The fraction of sp³-hybridized carbons (Fsp3) is 0.0769. The van der Waals surface area contributed by atoms with Gasteiger partial charge in [0.1, 0.15) is 4.90 Å². The first-order chi connectivity index (χ1) is 9.61. The molecule has 0 fully saturated rings. The largest absolute Gasteiger partial charge is 0.224 e. The zero-order chi connectivity index (χ0) is 15.9. The quantitative estimate of drug-likeness (QED) is 0.573. The second-order valence-corrected chi connectivity index (χ2v) is 8.25. The van der Waals surface area contributed by atoms with Crippen molar-refractivity contribution in [3.63, 3.8) is 0 Å². The Bertz CT molecular complexity index is 784. The molecule has 0 amide bonds.